The number of nitrogens with zero attached hydrogens (tertiary/aromatic N) is 1. The standard InChI is InChI=1S/C14H19NO3/c1-11-3-2-4-12(7-11)14(17)9-15-5-6-18-13(8-15)10-16/h2-4,7,13,16H,5-6,8-10H2,1H3. The quantitative estimate of drug-likeness (QED) is 0.804. The van der Waals surface area contributed by atoms with E-state index >= 15 is 0 Å². The first-order chi connectivity index (χ1) is 8.69. The van der Waals surface area contributed by atoms with Crippen molar-refractivity contribution in [2.75, 3.05) is 32.8 Å². The first-order valence-electron chi connectivity index (χ1n) is 6.23. The van der Waals surface area contributed by atoms with Crippen LogP contribution in [0.15, 0.2) is 24.3 Å². The van der Waals surface area contributed by atoms with Crippen molar-refractivity contribution >= 4 is 5.78 Å². The lowest BCUT2D eigenvalue weighted by atomic mass is 10.1. The van der Waals surface area contributed by atoms with Gasteiger partial charge in [0, 0.05) is 18.7 Å². The molecule has 0 aromatic heterocycles. The number of aryl methyl sites for hydroxylation is 1. The fourth-order valence-electron chi connectivity index (χ4n) is 2.15. The highest BCUT2D eigenvalue weighted by atomic mass is 16.5. The maximum absolute atomic E-state index is 12.1. The summed E-state index contributed by atoms with van der Waals surface area (Å²) in [4.78, 5) is 14.2. The number of morpholine rings is 1. The number of rotatable bonds is 4. The number of ketones is 1. The smallest absolute Gasteiger partial charge is 0.176 e. The van der Waals surface area contributed by atoms with Gasteiger partial charge in [0.15, 0.2) is 5.78 Å². The number of carbonyl (C=O) groups is 1. The predicted molar refractivity (Wildman–Crippen MR) is 68.8 cm³/mol. The second-order valence-electron chi connectivity index (χ2n) is 4.70. The van der Waals surface area contributed by atoms with E-state index in [-0.39, 0.29) is 18.5 Å². The van der Waals surface area contributed by atoms with Crippen LogP contribution in [-0.2, 0) is 4.74 Å². The van der Waals surface area contributed by atoms with E-state index in [0.717, 1.165) is 17.7 Å². The zero-order chi connectivity index (χ0) is 13.0. The minimum absolute atomic E-state index is 0.00906. The Balaban J connectivity index is 1.95. The van der Waals surface area contributed by atoms with Gasteiger partial charge in [0.25, 0.3) is 0 Å². The molecule has 1 aromatic carbocycles. The molecule has 0 radical (unpaired) electrons. The van der Waals surface area contributed by atoms with Crippen LogP contribution < -0.4 is 0 Å². The van der Waals surface area contributed by atoms with E-state index in [4.69, 9.17) is 9.84 Å². The number of Topliss-reactive ketones (excluding diaryl/α,β-unsaturated/α-hetero) is 1. The van der Waals surface area contributed by atoms with Crippen molar-refractivity contribution in [2.24, 2.45) is 0 Å². The topological polar surface area (TPSA) is 49.8 Å². The summed E-state index contributed by atoms with van der Waals surface area (Å²) in [5.41, 5.74) is 1.85. The van der Waals surface area contributed by atoms with E-state index in [0.29, 0.717) is 19.7 Å². The third-order valence-corrected chi connectivity index (χ3v) is 3.13. The van der Waals surface area contributed by atoms with Gasteiger partial charge in [-0.15, -0.1) is 0 Å². The Kier molecular flexibility index (Phi) is 4.47. The normalized spacial score (nSPS) is 20.9. The van der Waals surface area contributed by atoms with E-state index < -0.39 is 0 Å². The summed E-state index contributed by atoms with van der Waals surface area (Å²) in [6, 6.07) is 7.64. The highest BCUT2D eigenvalue weighted by Gasteiger charge is 2.21. The van der Waals surface area contributed by atoms with E-state index in [1.54, 1.807) is 0 Å². The van der Waals surface area contributed by atoms with Gasteiger partial charge in [0.05, 0.1) is 25.9 Å². The Morgan fingerprint density at radius 2 is 2.39 bits per heavy atom. The molecule has 1 unspecified atom stereocenters. The molecule has 0 saturated carbocycles. The highest BCUT2D eigenvalue weighted by molar-refractivity contribution is 5.97. The van der Waals surface area contributed by atoms with Crippen LogP contribution in [0, 0.1) is 6.92 Å². The number of benzene rings is 1. The van der Waals surface area contributed by atoms with Gasteiger partial charge in [-0.25, -0.2) is 0 Å². The number of carbonyl (C=O) groups excluding carboxylic acids is 1. The van der Waals surface area contributed by atoms with Crippen LogP contribution in [0.2, 0.25) is 0 Å². The van der Waals surface area contributed by atoms with Crippen LogP contribution in [0.25, 0.3) is 0 Å². The van der Waals surface area contributed by atoms with E-state index in [1.807, 2.05) is 36.1 Å². The molecule has 1 aromatic rings. The van der Waals surface area contributed by atoms with Crippen molar-refractivity contribution in [1.82, 2.24) is 4.90 Å². The summed E-state index contributed by atoms with van der Waals surface area (Å²) in [5.74, 6) is 0.122. The molecule has 1 aliphatic rings. The van der Waals surface area contributed by atoms with Crippen molar-refractivity contribution in [3.8, 4) is 0 Å². The zero-order valence-electron chi connectivity index (χ0n) is 10.6. The molecule has 1 saturated heterocycles. The predicted octanol–water partition coefficient (Wildman–Crippen LogP) is 0.871. The van der Waals surface area contributed by atoms with Gasteiger partial charge in [0.2, 0.25) is 0 Å². The van der Waals surface area contributed by atoms with Crippen molar-refractivity contribution in [1.29, 1.82) is 0 Å². The maximum atomic E-state index is 12.1. The number of aliphatic hydroxyl groups excluding tert-OH is 1. The zero-order valence-corrected chi connectivity index (χ0v) is 10.6. The highest BCUT2D eigenvalue weighted by Crippen LogP contribution is 2.09. The molecule has 1 atom stereocenters. The van der Waals surface area contributed by atoms with Crippen molar-refractivity contribution in [3.63, 3.8) is 0 Å². The van der Waals surface area contributed by atoms with Gasteiger partial charge in [-0.2, -0.15) is 0 Å². The number of hydrogen-bond donors (Lipinski definition) is 1. The van der Waals surface area contributed by atoms with E-state index in [9.17, 15) is 4.79 Å². The van der Waals surface area contributed by atoms with Gasteiger partial charge >= 0.3 is 0 Å². The third-order valence-electron chi connectivity index (χ3n) is 3.13. The van der Waals surface area contributed by atoms with Crippen molar-refractivity contribution in [3.05, 3.63) is 35.4 Å². The Labute approximate surface area is 107 Å². The van der Waals surface area contributed by atoms with Crippen molar-refractivity contribution < 1.29 is 14.6 Å². The van der Waals surface area contributed by atoms with Crippen LogP contribution in [0.4, 0.5) is 0 Å². The Hall–Kier alpha value is -1.23. The number of aliphatic hydroxyl groups is 1. The molecule has 1 fully saturated rings. The fourth-order valence-corrected chi connectivity index (χ4v) is 2.15. The van der Waals surface area contributed by atoms with Gasteiger partial charge in [0.1, 0.15) is 0 Å². The first-order valence-corrected chi connectivity index (χ1v) is 6.23. The summed E-state index contributed by atoms with van der Waals surface area (Å²) < 4.78 is 5.36. The summed E-state index contributed by atoms with van der Waals surface area (Å²) in [6.45, 7) is 4.32. The van der Waals surface area contributed by atoms with Gasteiger partial charge in [-0.3, -0.25) is 9.69 Å². The molecular formula is C14H19NO3. The van der Waals surface area contributed by atoms with Crippen LogP contribution in [-0.4, -0.2) is 54.7 Å². The average molecular weight is 249 g/mol. The molecule has 1 heterocycles. The minimum Gasteiger partial charge on any atom is -0.394 e. The van der Waals surface area contributed by atoms with Crippen LogP contribution >= 0.6 is 0 Å². The monoisotopic (exact) mass is 249 g/mol. The average Bonchev–Trinajstić information content (AvgIpc) is 2.39. The number of ether oxygens (including phenoxy) is 1. The molecule has 98 valence electrons. The second kappa shape index (κ2) is 6.09. The molecule has 18 heavy (non-hydrogen) atoms. The van der Waals surface area contributed by atoms with E-state index in [1.165, 1.54) is 0 Å². The van der Waals surface area contributed by atoms with Crippen molar-refractivity contribution in [2.45, 2.75) is 13.0 Å². The molecule has 1 N–H and O–H groups in total. The molecule has 2 rings (SSSR count). The summed E-state index contributed by atoms with van der Waals surface area (Å²) in [7, 11) is 0. The van der Waals surface area contributed by atoms with Crippen LogP contribution in [0.3, 0.4) is 0 Å². The maximum Gasteiger partial charge on any atom is 0.176 e. The molecule has 0 amide bonds. The third kappa shape index (κ3) is 3.38. The molecule has 0 bridgehead atoms. The molecule has 0 spiro atoms. The lowest BCUT2D eigenvalue weighted by Gasteiger charge is -2.31. The largest absolute Gasteiger partial charge is 0.394 e. The second-order valence-corrected chi connectivity index (χ2v) is 4.70. The van der Waals surface area contributed by atoms with Crippen LogP contribution in [0.5, 0.6) is 0 Å². The minimum atomic E-state index is -0.163. The van der Waals surface area contributed by atoms with Crippen LogP contribution in [0.1, 0.15) is 15.9 Å². The molecule has 4 nitrogen and oxygen atoms in total. The SMILES string of the molecule is Cc1cccc(C(=O)CN2CCOC(CO)C2)c1. The lowest BCUT2D eigenvalue weighted by molar-refractivity contribution is -0.0503. The lowest BCUT2D eigenvalue weighted by Crippen LogP contribution is -2.45. The van der Waals surface area contributed by atoms with Gasteiger partial charge in [-0.1, -0.05) is 23.8 Å². The molecule has 4 heteroatoms. The molecule has 0 aliphatic carbocycles. The van der Waals surface area contributed by atoms with Gasteiger partial charge < -0.3 is 9.84 Å². The number of hydrogen-bond acceptors (Lipinski definition) is 4. The summed E-state index contributed by atoms with van der Waals surface area (Å²) in [5, 5.41) is 9.06. The Morgan fingerprint density at radius 3 is 3.11 bits per heavy atom. The molecule has 1 aliphatic heterocycles. The summed E-state index contributed by atoms with van der Waals surface area (Å²) in [6.07, 6.45) is -0.163. The Morgan fingerprint density at radius 1 is 1.56 bits per heavy atom. The molecular weight excluding hydrogens is 230 g/mol. The Bertz CT molecular complexity index is 419. The van der Waals surface area contributed by atoms with E-state index in [2.05, 4.69) is 0 Å². The first kappa shape index (κ1) is 13.2. The fraction of sp³-hybridized carbons (Fsp3) is 0.500. The summed E-state index contributed by atoms with van der Waals surface area (Å²) >= 11 is 0. The van der Waals surface area contributed by atoms with Gasteiger partial charge in [-0.05, 0) is 13.0 Å².